The van der Waals surface area contributed by atoms with Gasteiger partial charge in [0, 0.05) is 18.2 Å². The van der Waals surface area contributed by atoms with Gasteiger partial charge in [-0.3, -0.25) is 0 Å². The number of nitrogens with zero attached hydrogens (tertiary/aromatic N) is 1. The van der Waals surface area contributed by atoms with Crippen LogP contribution in [0, 0.1) is 0 Å². The van der Waals surface area contributed by atoms with Crippen molar-refractivity contribution in [3.8, 4) is 5.75 Å². The fourth-order valence-corrected chi connectivity index (χ4v) is 2.10. The van der Waals surface area contributed by atoms with Crippen molar-refractivity contribution in [2.24, 2.45) is 0 Å². The summed E-state index contributed by atoms with van der Waals surface area (Å²) < 4.78 is 11.7. The van der Waals surface area contributed by atoms with Crippen LogP contribution in [-0.4, -0.2) is 11.7 Å². The van der Waals surface area contributed by atoms with E-state index in [1.807, 2.05) is 18.2 Å². The molecule has 0 aliphatic heterocycles. The summed E-state index contributed by atoms with van der Waals surface area (Å²) in [7, 11) is 0. The number of hydrogen-bond acceptors (Lipinski definition) is 4. The number of nitrogens with one attached hydrogen (secondary N) is 1. The molecule has 0 aliphatic rings. The summed E-state index contributed by atoms with van der Waals surface area (Å²) in [6, 6.07) is 7.80. The van der Waals surface area contributed by atoms with Crippen LogP contribution < -0.4 is 10.1 Å². The Labute approximate surface area is 114 Å². The van der Waals surface area contributed by atoms with Crippen LogP contribution in [0.2, 0.25) is 0 Å². The summed E-state index contributed by atoms with van der Waals surface area (Å²) in [6.45, 7) is 4.16. The molecule has 0 bridgehead atoms. The van der Waals surface area contributed by atoms with E-state index in [4.69, 9.17) is 9.26 Å². The number of halogens is 1. The van der Waals surface area contributed by atoms with Crippen LogP contribution in [0.4, 0.5) is 0 Å². The van der Waals surface area contributed by atoms with E-state index in [2.05, 4.69) is 33.3 Å². The van der Waals surface area contributed by atoms with E-state index in [1.165, 1.54) is 0 Å². The molecule has 0 saturated carbocycles. The van der Waals surface area contributed by atoms with E-state index in [9.17, 15) is 0 Å². The zero-order chi connectivity index (χ0) is 12.8. The van der Waals surface area contributed by atoms with Crippen LogP contribution >= 0.6 is 15.9 Å². The molecule has 0 amide bonds. The van der Waals surface area contributed by atoms with Gasteiger partial charge in [0.2, 0.25) is 0 Å². The molecule has 2 aromatic rings. The second-order valence-electron chi connectivity index (χ2n) is 3.78. The zero-order valence-electron chi connectivity index (χ0n) is 10.1. The summed E-state index contributed by atoms with van der Waals surface area (Å²) in [5.74, 6) is 1.55. The maximum atomic E-state index is 5.79. The molecule has 0 saturated heterocycles. The van der Waals surface area contributed by atoms with Gasteiger partial charge in [-0.25, -0.2) is 0 Å². The van der Waals surface area contributed by atoms with E-state index >= 15 is 0 Å². The lowest BCUT2D eigenvalue weighted by Crippen LogP contribution is -2.13. The predicted molar refractivity (Wildman–Crippen MR) is 72.4 cm³/mol. The normalized spacial score (nSPS) is 10.6. The number of rotatable bonds is 6. The van der Waals surface area contributed by atoms with E-state index in [0.29, 0.717) is 12.4 Å². The Kier molecular flexibility index (Phi) is 4.78. The molecule has 0 fully saturated rings. The highest BCUT2D eigenvalue weighted by molar-refractivity contribution is 9.10. The van der Waals surface area contributed by atoms with Crippen molar-refractivity contribution in [3.63, 3.8) is 0 Å². The van der Waals surface area contributed by atoms with Gasteiger partial charge >= 0.3 is 0 Å². The zero-order valence-corrected chi connectivity index (χ0v) is 11.7. The van der Waals surface area contributed by atoms with Crippen molar-refractivity contribution in [2.45, 2.75) is 20.1 Å². The van der Waals surface area contributed by atoms with Crippen LogP contribution in [0.15, 0.2) is 39.5 Å². The molecule has 1 N–H and O–H groups in total. The van der Waals surface area contributed by atoms with Crippen molar-refractivity contribution < 1.29 is 9.26 Å². The maximum absolute atomic E-state index is 5.79. The van der Waals surface area contributed by atoms with Crippen molar-refractivity contribution in [2.75, 3.05) is 6.54 Å². The van der Waals surface area contributed by atoms with Crippen LogP contribution in [-0.2, 0) is 13.2 Å². The minimum absolute atomic E-state index is 0.377. The fourth-order valence-electron chi connectivity index (χ4n) is 1.57. The first-order chi connectivity index (χ1) is 8.81. The molecule has 18 heavy (non-hydrogen) atoms. The lowest BCUT2D eigenvalue weighted by molar-refractivity contribution is 0.246. The topological polar surface area (TPSA) is 47.3 Å². The highest BCUT2D eigenvalue weighted by Crippen LogP contribution is 2.29. The van der Waals surface area contributed by atoms with Crippen LogP contribution in [0.5, 0.6) is 5.75 Å². The van der Waals surface area contributed by atoms with Gasteiger partial charge in [0.15, 0.2) is 5.76 Å². The van der Waals surface area contributed by atoms with Gasteiger partial charge in [-0.2, -0.15) is 0 Å². The average molecular weight is 311 g/mol. The minimum Gasteiger partial charge on any atom is -0.484 e. The van der Waals surface area contributed by atoms with Crippen molar-refractivity contribution in [1.29, 1.82) is 0 Å². The molecule has 0 unspecified atom stereocenters. The smallest absolute Gasteiger partial charge is 0.174 e. The Morgan fingerprint density at radius 1 is 1.39 bits per heavy atom. The number of hydrogen-bond donors (Lipinski definition) is 1. The molecule has 1 aromatic heterocycles. The molecule has 0 spiro atoms. The van der Waals surface area contributed by atoms with E-state index in [0.717, 1.165) is 28.9 Å². The van der Waals surface area contributed by atoms with Gasteiger partial charge < -0.3 is 14.6 Å². The molecule has 96 valence electrons. The van der Waals surface area contributed by atoms with Gasteiger partial charge in [0.25, 0.3) is 0 Å². The van der Waals surface area contributed by atoms with Gasteiger partial charge in [0.05, 0.1) is 10.7 Å². The predicted octanol–water partition coefficient (Wildman–Crippen LogP) is 3.13. The largest absolute Gasteiger partial charge is 0.484 e. The lowest BCUT2D eigenvalue weighted by Gasteiger charge is -2.12. The van der Waals surface area contributed by atoms with Gasteiger partial charge in [0.1, 0.15) is 12.4 Å². The molecular weight excluding hydrogens is 296 g/mol. The lowest BCUT2D eigenvalue weighted by atomic mass is 10.2. The molecule has 0 atom stereocenters. The van der Waals surface area contributed by atoms with Crippen molar-refractivity contribution >= 4 is 15.9 Å². The highest BCUT2D eigenvalue weighted by atomic mass is 79.9. The Balaban J connectivity index is 2.09. The Morgan fingerprint density at radius 3 is 3.00 bits per heavy atom. The summed E-state index contributed by atoms with van der Waals surface area (Å²) in [5, 5.41) is 6.94. The molecule has 5 heteroatoms. The first-order valence-corrected chi connectivity index (χ1v) is 6.61. The van der Waals surface area contributed by atoms with E-state index in [-0.39, 0.29) is 0 Å². The van der Waals surface area contributed by atoms with E-state index < -0.39 is 0 Å². The standard InChI is InChI=1S/C13H15BrN2O2/c1-2-15-8-10-4-3-5-12(14)13(10)17-9-11-6-7-16-18-11/h3-7,15H,2,8-9H2,1H3. The average Bonchev–Trinajstić information content (AvgIpc) is 2.88. The third kappa shape index (κ3) is 3.34. The number of ether oxygens (including phenoxy) is 1. The molecule has 2 rings (SSSR count). The van der Waals surface area contributed by atoms with Gasteiger partial charge in [-0.05, 0) is 28.5 Å². The number of benzene rings is 1. The van der Waals surface area contributed by atoms with Gasteiger partial charge in [-0.15, -0.1) is 0 Å². The minimum atomic E-state index is 0.377. The quantitative estimate of drug-likeness (QED) is 0.890. The maximum Gasteiger partial charge on any atom is 0.174 e. The third-order valence-corrected chi connectivity index (χ3v) is 3.09. The van der Waals surface area contributed by atoms with Crippen molar-refractivity contribution in [3.05, 3.63) is 46.3 Å². The summed E-state index contributed by atoms with van der Waals surface area (Å²) >= 11 is 3.50. The Morgan fingerprint density at radius 2 is 2.28 bits per heavy atom. The fraction of sp³-hybridized carbons (Fsp3) is 0.308. The summed E-state index contributed by atoms with van der Waals surface area (Å²) in [6.07, 6.45) is 1.61. The van der Waals surface area contributed by atoms with Crippen LogP contribution in [0.25, 0.3) is 0 Å². The number of aromatic nitrogens is 1. The second-order valence-corrected chi connectivity index (χ2v) is 4.63. The Bertz CT molecular complexity index is 486. The highest BCUT2D eigenvalue weighted by Gasteiger charge is 2.09. The SMILES string of the molecule is CCNCc1cccc(Br)c1OCc1ccno1. The first-order valence-electron chi connectivity index (χ1n) is 5.81. The van der Waals surface area contributed by atoms with Gasteiger partial charge in [-0.1, -0.05) is 24.2 Å². The van der Waals surface area contributed by atoms with E-state index in [1.54, 1.807) is 12.3 Å². The van der Waals surface area contributed by atoms with Crippen LogP contribution in [0.3, 0.4) is 0 Å². The monoisotopic (exact) mass is 310 g/mol. The summed E-state index contributed by atoms with van der Waals surface area (Å²) in [4.78, 5) is 0. The second kappa shape index (κ2) is 6.56. The molecule has 0 aliphatic carbocycles. The molecule has 1 aromatic carbocycles. The molecular formula is C13H15BrN2O2. The van der Waals surface area contributed by atoms with Crippen molar-refractivity contribution in [1.82, 2.24) is 10.5 Å². The Hall–Kier alpha value is -1.33. The third-order valence-electron chi connectivity index (χ3n) is 2.46. The van der Waals surface area contributed by atoms with Crippen LogP contribution in [0.1, 0.15) is 18.2 Å². The molecule has 0 radical (unpaired) electrons. The first kappa shape index (κ1) is 13.1. The molecule has 1 heterocycles. The number of para-hydroxylation sites is 1. The summed E-state index contributed by atoms with van der Waals surface area (Å²) in [5.41, 5.74) is 1.12. The molecule has 4 nitrogen and oxygen atoms in total.